The van der Waals surface area contributed by atoms with Gasteiger partial charge in [0.1, 0.15) is 0 Å². The molecule has 12 heteroatoms. The summed E-state index contributed by atoms with van der Waals surface area (Å²) in [5.41, 5.74) is 4.85. The molecule has 186 valence electrons. The molecule has 1 amide bonds. The molecule has 3 N–H and O–H groups in total. The molecule has 0 spiro atoms. The molecule has 3 aromatic rings. The van der Waals surface area contributed by atoms with E-state index in [0.29, 0.717) is 24.2 Å². The van der Waals surface area contributed by atoms with Crippen LogP contribution in [0.4, 0.5) is 13.2 Å². The molecule has 1 atom stereocenters. The average molecular weight is 492 g/mol. The molecular formula is C23H23F3N4O5. The van der Waals surface area contributed by atoms with Crippen molar-refractivity contribution in [1.82, 2.24) is 20.9 Å². The van der Waals surface area contributed by atoms with E-state index in [2.05, 4.69) is 25.5 Å². The van der Waals surface area contributed by atoms with Crippen LogP contribution in [-0.2, 0) is 28.8 Å². The maximum Gasteiger partial charge on any atom is 0.471 e. The van der Waals surface area contributed by atoms with E-state index >= 15 is 0 Å². The Hall–Kier alpha value is -3.77. The Morgan fingerprint density at radius 2 is 1.77 bits per heavy atom. The number of hydrogen-bond donors (Lipinski definition) is 3. The van der Waals surface area contributed by atoms with Crippen molar-refractivity contribution >= 4 is 11.9 Å². The molecule has 1 aromatic heterocycles. The molecule has 2 aromatic carbocycles. The van der Waals surface area contributed by atoms with Crippen molar-refractivity contribution in [1.29, 1.82) is 0 Å². The summed E-state index contributed by atoms with van der Waals surface area (Å²) in [5, 5.41) is 15.1. The van der Waals surface area contributed by atoms with Crippen LogP contribution in [0.1, 0.15) is 34.3 Å². The lowest BCUT2D eigenvalue weighted by molar-refractivity contribution is -0.159. The van der Waals surface area contributed by atoms with Gasteiger partial charge in [-0.25, -0.2) is 5.48 Å². The van der Waals surface area contributed by atoms with Gasteiger partial charge in [-0.3, -0.25) is 14.4 Å². The monoisotopic (exact) mass is 492 g/mol. The predicted octanol–water partition coefficient (Wildman–Crippen LogP) is 3.47. The van der Waals surface area contributed by atoms with Crippen LogP contribution in [0.5, 0.6) is 0 Å². The average Bonchev–Trinajstić information content (AvgIpc) is 3.32. The van der Waals surface area contributed by atoms with Gasteiger partial charge in [-0.1, -0.05) is 48.5 Å². The predicted molar refractivity (Wildman–Crippen MR) is 117 cm³/mol. The van der Waals surface area contributed by atoms with Gasteiger partial charge in [-0.05, 0) is 29.2 Å². The summed E-state index contributed by atoms with van der Waals surface area (Å²) in [5.74, 6) is -2.93. The van der Waals surface area contributed by atoms with Crippen LogP contribution in [0.3, 0.4) is 0 Å². The third kappa shape index (κ3) is 7.62. The number of rotatable bonds is 11. The lowest BCUT2D eigenvalue weighted by Crippen LogP contribution is -2.33. The highest BCUT2D eigenvalue weighted by atomic mass is 19.4. The van der Waals surface area contributed by atoms with Crippen molar-refractivity contribution in [2.24, 2.45) is 5.92 Å². The zero-order chi connectivity index (χ0) is 25.4. The second-order valence-corrected chi connectivity index (χ2v) is 7.79. The van der Waals surface area contributed by atoms with Gasteiger partial charge in [0.05, 0.1) is 13.0 Å². The number of carbonyl (C=O) groups excluding carboxylic acids is 1. The fourth-order valence-corrected chi connectivity index (χ4v) is 3.03. The smallest absolute Gasteiger partial charge is 0.471 e. The summed E-state index contributed by atoms with van der Waals surface area (Å²) in [4.78, 5) is 32.1. The van der Waals surface area contributed by atoms with Crippen LogP contribution in [0, 0.1) is 5.92 Å². The van der Waals surface area contributed by atoms with E-state index in [9.17, 15) is 22.8 Å². The van der Waals surface area contributed by atoms with Crippen LogP contribution in [0.25, 0.3) is 11.4 Å². The lowest BCUT2D eigenvalue weighted by atomic mass is 10.1. The molecule has 0 saturated carbocycles. The van der Waals surface area contributed by atoms with E-state index in [1.54, 1.807) is 24.3 Å². The minimum atomic E-state index is -4.73. The Bertz CT molecular complexity index is 1150. The van der Waals surface area contributed by atoms with Gasteiger partial charge >= 0.3 is 18.0 Å². The molecule has 0 bridgehead atoms. The number of nitrogens with one attached hydrogen (secondary N) is 2. The molecule has 0 aliphatic heterocycles. The first-order valence-corrected chi connectivity index (χ1v) is 10.6. The number of benzene rings is 2. The number of amides is 1. The van der Waals surface area contributed by atoms with E-state index in [-0.39, 0.29) is 36.2 Å². The number of nitrogens with zero attached hydrogens (tertiary/aromatic N) is 2. The number of alkyl halides is 3. The first-order valence-electron chi connectivity index (χ1n) is 10.6. The molecule has 0 radical (unpaired) electrons. The number of carbonyl (C=O) groups is 2. The fourth-order valence-electron chi connectivity index (χ4n) is 3.03. The first-order chi connectivity index (χ1) is 16.6. The van der Waals surface area contributed by atoms with Gasteiger partial charge in [-0.15, -0.1) is 0 Å². The van der Waals surface area contributed by atoms with Gasteiger partial charge in [-0.2, -0.15) is 18.2 Å². The number of carboxylic acid groups (broad SMARTS) is 1. The number of hydrogen-bond acceptors (Lipinski definition) is 7. The van der Waals surface area contributed by atoms with Gasteiger partial charge in [0, 0.05) is 24.2 Å². The molecule has 0 saturated heterocycles. The molecular weight excluding hydrogens is 469 g/mol. The highest BCUT2D eigenvalue weighted by Gasteiger charge is 2.38. The highest BCUT2D eigenvalue weighted by molar-refractivity contribution is 5.94. The second-order valence-electron chi connectivity index (χ2n) is 7.79. The lowest BCUT2D eigenvalue weighted by Gasteiger charge is -2.14. The molecule has 1 heterocycles. The van der Waals surface area contributed by atoms with Crippen LogP contribution in [0.15, 0.2) is 53.1 Å². The van der Waals surface area contributed by atoms with E-state index in [1.807, 2.05) is 6.92 Å². The quantitative estimate of drug-likeness (QED) is 0.274. The minimum Gasteiger partial charge on any atom is -0.481 e. The van der Waals surface area contributed by atoms with Crippen LogP contribution >= 0.6 is 0 Å². The standard InChI is InChI=1S/C23H23F3N4O5/c1-14(12-28-34-13-18-5-3-2-4-17(18)10-19(31)32)11-27-21(33)16-8-6-15(7-9-16)20-29-22(35-30-20)23(24,25)26/h2-9,14,28H,10-13H2,1H3,(H,27,33)(H,31,32). The maximum atomic E-state index is 12.6. The van der Waals surface area contributed by atoms with Crippen molar-refractivity contribution in [2.75, 3.05) is 13.1 Å². The Labute approximate surface area is 198 Å². The Morgan fingerprint density at radius 3 is 2.40 bits per heavy atom. The van der Waals surface area contributed by atoms with E-state index < -0.39 is 18.0 Å². The second kappa shape index (κ2) is 11.6. The van der Waals surface area contributed by atoms with Crippen molar-refractivity contribution in [2.45, 2.75) is 26.1 Å². The number of carboxylic acids is 1. The normalized spacial score (nSPS) is 12.3. The SMILES string of the molecule is CC(CNOCc1ccccc1CC(=O)O)CNC(=O)c1ccc(-c2noc(C(F)(F)F)n2)cc1. The Balaban J connectivity index is 1.42. The van der Waals surface area contributed by atoms with Crippen LogP contribution in [0.2, 0.25) is 0 Å². The fraction of sp³-hybridized carbons (Fsp3) is 0.304. The van der Waals surface area contributed by atoms with Crippen molar-refractivity contribution in [3.8, 4) is 11.4 Å². The Kier molecular flexibility index (Phi) is 8.55. The highest BCUT2D eigenvalue weighted by Crippen LogP contribution is 2.29. The molecule has 0 fully saturated rings. The summed E-state index contributed by atoms with van der Waals surface area (Å²) in [6.45, 7) is 2.86. The molecule has 1 unspecified atom stereocenters. The van der Waals surface area contributed by atoms with Crippen molar-refractivity contribution in [3.05, 3.63) is 71.1 Å². The number of aromatic nitrogens is 2. The van der Waals surface area contributed by atoms with Gasteiger partial charge in [0.15, 0.2) is 0 Å². The third-order valence-electron chi connectivity index (χ3n) is 4.91. The van der Waals surface area contributed by atoms with Crippen molar-refractivity contribution in [3.63, 3.8) is 0 Å². The van der Waals surface area contributed by atoms with Gasteiger partial charge in [0.2, 0.25) is 5.82 Å². The summed E-state index contributed by atoms with van der Waals surface area (Å²) in [6, 6.07) is 12.9. The number of hydroxylamine groups is 1. The zero-order valence-corrected chi connectivity index (χ0v) is 18.6. The molecule has 0 aliphatic rings. The summed E-state index contributed by atoms with van der Waals surface area (Å²) < 4.78 is 42.0. The van der Waals surface area contributed by atoms with Crippen molar-refractivity contribution < 1.29 is 37.2 Å². The number of aliphatic carboxylic acids is 1. The number of halogens is 3. The minimum absolute atomic E-state index is 0.00704. The Morgan fingerprint density at radius 1 is 1.09 bits per heavy atom. The van der Waals surface area contributed by atoms with E-state index in [4.69, 9.17) is 9.94 Å². The van der Waals surface area contributed by atoms with Gasteiger partial charge in [0.25, 0.3) is 5.91 Å². The largest absolute Gasteiger partial charge is 0.481 e. The molecule has 9 nitrogen and oxygen atoms in total. The topological polar surface area (TPSA) is 127 Å². The summed E-state index contributed by atoms with van der Waals surface area (Å²) in [6.07, 6.45) is -4.82. The maximum absolute atomic E-state index is 12.6. The van der Waals surface area contributed by atoms with Crippen LogP contribution < -0.4 is 10.8 Å². The third-order valence-corrected chi connectivity index (χ3v) is 4.91. The van der Waals surface area contributed by atoms with Crippen LogP contribution in [-0.4, -0.2) is 40.2 Å². The first kappa shape index (κ1) is 25.8. The van der Waals surface area contributed by atoms with E-state index in [1.165, 1.54) is 24.3 Å². The van der Waals surface area contributed by atoms with E-state index in [0.717, 1.165) is 5.56 Å². The summed E-state index contributed by atoms with van der Waals surface area (Å²) in [7, 11) is 0. The summed E-state index contributed by atoms with van der Waals surface area (Å²) >= 11 is 0. The molecule has 3 rings (SSSR count). The molecule has 0 aliphatic carbocycles. The zero-order valence-electron chi connectivity index (χ0n) is 18.6. The van der Waals surface area contributed by atoms with Gasteiger partial charge < -0.3 is 14.9 Å². The molecule has 35 heavy (non-hydrogen) atoms.